The molecule has 0 radical (unpaired) electrons. The second-order valence-electron chi connectivity index (χ2n) is 9.37. The van der Waals surface area contributed by atoms with E-state index in [0.717, 1.165) is 48.3 Å². The highest BCUT2D eigenvalue weighted by Gasteiger charge is 2.25. The Hall–Kier alpha value is -3.01. The van der Waals surface area contributed by atoms with E-state index in [1.54, 1.807) is 36.4 Å². The number of ether oxygens (including phenoxy) is 3. The molecule has 0 saturated heterocycles. The fourth-order valence-corrected chi connectivity index (χ4v) is 3.46. The average molecular weight is 465 g/mol. The van der Waals surface area contributed by atoms with E-state index in [2.05, 4.69) is 41.2 Å². The summed E-state index contributed by atoms with van der Waals surface area (Å²) in [6.45, 7) is 16.2. The summed E-state index contributed by atoms with van der Waals surface area (Å²) in [5.41, 5.74) is 2.41. The lowest BCUT2D eigenvalue weighted by Crippen LogP contribution is -2.17. The maximum Gasteiger partial charge on any atom is 0.185 e. The van der Waals surface area contributed by atoms with Crippen molar-refractivity contribution in [3.05, 3.63) is 71.8 Å². The zero-order chi connectivity index (χ0) is 25.0. The number of hydrogen-bond donors (Lipinski definition) is 0. The molecule has 0 aliphatic rings. The molecule has 0 saturated carbocycles. The molecule has 0 fully saturated rings. The highest BCUT2D eigenvalue weighted by molar-refractivity contribution is 6.06. The Bertz CT molecular complexity index is 918. The number of rotatable bonds is 14. The molecule has 0 bridgehead atoms. The normalized spacial score (nSPS) is 11.4. The third-order valence-electron chi connectivity index (χ3n) is 5.28. The van der Waals surface area contributed by atoms with Crippen molar-refractivity contribution in [2.24, 2.45) is 0 Å². The zero-order valence-corrected chi connectivity index (χ0v) is 21.5. The minimum Gasteiger partial charge on any atom is -0.493 e. The van der Waals surface area contributed by atoms with Crippen LogP contribution in [0.4, 0.5) is 0 Å². The largest absolute Gasteiger partial charge is 0.493 e. The van der Waals surface area contributed by atoms with E-state index in [1.807, 2.05) is 18.2 Å². The number of hydrogen-bond acceptors (Lipinski definition) is 4. The van der Waals surface area contributed by atoms with E-state index in [9.17, 15) is 4.79 Å². The summed E-state index contributed by atoms with van der Waals surface area (Å²) in [4.78, 5) is 12.8. The lowest BCUT2D eigenvalue weighted by Gasteiger charge is -2.26. The molecular weight excluding hydrogens is 424 g/mol. The summed E-state index contributed by atoms with van der Waals surface area (Å²) in [7, 11) is 0. The monoisotopic (exact) mass is 464 g/mol. The van der Waals surface area contributed by atoms with Crippen LogP contribution >= 0.6 is 0 Å². The van der Waals surface area contributed by atoms with Crippen molar-refractivity contribution < 1.29 is 19.0 Å². The molecular formula is C30H40O4. The SMILES string of the molecule is C=CCOc1ccc(C(=O)C=Cc2cc(OCCCC)c(C(C)(C)C)c(OCCCC)c2)cc1. The van der Waals surface area contributed by atoms with Gasteiger partial charge in [0.25, 0.3) is 0 Å². The Morgan fingerprint density at radius 2 is 1.47 bits per heavy atom. The van der Waals surface area contributed by atoms with E-state index in [1.165, 1.54) is 0 Å². The molecule has 0 unspecified atom stereocenters. The van der Waals surface area contributed by atoms with Gasteiger partial charge >= 0.3 is 0 Å². The summed E-state index contributed by atoms with van der Waals surface area (Å²) in [5.74, 6) is 2.29. The second kappa shape index (κ2) is 13.6. The van der Waals surface area contributed by atoms with Gasteiger partial charge in [-0.2, -0.15) is 0 Å². The molecule has 184 valence electrons. The molecule has 2 aromatic carbocycles. The van der Waals surface area contributed by atoms with Crippen LogP contribution in [0.5, 0.6) is 17.2 Å². The van der Waals surface area contributed by atoms with Gasteiger partial charge in [-0.3, -0.25) is 4.79 Å². The van der Waals surface area contributed by atoms with Crippen molar-refractivity contribution in [1.82, 2.24) is 0 Å². The Kier molecular flexibility index (Phi) is 10.9. The highest BCUT2D eigenvalue weighted by Crippen LogP contribution is 2.40. The van der Waals surface area contributed by atoms with Gasteiger partial charge in [0, 0.05) is 11.1 Å². The molecule has 0 aromatic heterocycles. The van der Waals surface area contributed by atoms with Crippen molar-refractivity contribution >= 4 is 11.9 Å². The van der Waals surface area contributed by atoms with Crippen LogP contribution in [0, 0.1) is 0 Å². The fraction of sp³-hybridized carbons (Fsp3) is 0.433. The van der Waals surface area contributed by atoms with Crippen molar-refractivity contribution in [3.63, 3.8) is 0 Å². The van der Waals surface area contributed by atoms with Gasteiger partial charge in [-0.25, -0.2) is 0 Å². The quantitative estimate of drug-likeness (QED) is 0.124. The molecule has 0 atom stereocenters. The topological polar surface area (TPSA) is 44.8 Å². The lowest BCUT2D eigenvalue weighted by molar-refractivity contribution is 0.104. The molecule has 2 aromatic rings. The average Bonchev–Trinajstić information content (AvgIpc) is 2.81. The Morgan fingerprint density at radius 1 is 0.912 bits per heavy atom. The van der Waals surface area contributed by atoms with Crippen LogP contribution in [0.25, 0.3) is 6.08 Å². The van der Waals surface area contributed by atoms with Crippen molar-refractivity contribution in [1.29, 1.82) is 0 Å². The maximum absolute atomic E-state index is 12.8. The van der Waals surface area contributed by atoms with Crippen LogP contribution < -0.4 is 14.2 Å². The zero-order valence-electron chi connectivity index (χ0n) is 21.5. The van der Waals surface area contributed by atoms with Gasteiger partial charge in [0.05, 0.1) is 13.2 Å². The van der Waals surface area contributed by atoms with E-state index in [0.29, 0.717) is 31.1 Å². The van der Waals surface area contributed by atoms with Gasteiger partial charge in [-0.1, -0.05) is 66.2 Å². The molecule has 4 nitrogen and oxygen atoms in total. The van der Waals surface area contributed by atoms with Gasteiger partial charge in [-0.05, 0) is 66.3 Å². The first kappa shape index (κ1) is 27.2. The predicted molar refractivity (Wildman–Crippen MR) is 141 cm³/mol. The first-order valence-corrected chi connectivity index (χ1v) is 12.3. The van der Waals surface area contributed by atoms with Gasteiger partial charge in [0.1, 0.15) is 23.9 Å². The van der Waals surface area contributed by atoms with Crippen molar-refractivity contribution in [3.8, 4) is 17.2 Å². The van der Waals surface area contributed by atoms with Crippen LogP contribution in [0.1, 0.15) is 81.8 Å². The number of allylic oxidation sites excluding steroid dienone is 1. The Morgan fingerprint density at radius 3 is 1.94 bits per heavy atom. The third-order valence-corrected chi connectivity index (χ3v) is 5.28. The molecule has 0 aliphatic heterocycles. The van der Waals surface area contributed by atoms with Gasteiger partial charge < -0.3 is 14.2 Å². The van der Waals surface area contributed by atoms with Crippen molar-refractivity contribution in [2.45, 2.75) is 65.7 Å². The first-order valence-electron chi connectivity index (χ1n) is 12.3. The van der Waals surface area contributed by atoms with Gasteiger partial charge in [-0.15, -0.1) is 0 Å². The molecule has 2 rings (SSSR count). The smallest absolute Gasteiger partial charge is 0.185 e. The van der Waals surface area contributed by atoms with Crippen molar-refractivity contribution in [2.75, 3.05) is 19.8 Å². The molecule has 0 amide bonds. The number of ketones is 1. The summed E-state index contributed by atoms with van der Waals surface area (Å²) in [6.07, 6.45) is 9.22. The summed E-state index contributed by atoms with van der Waals surface area (Å²) in [5, 5.41) is 0. The predicted octanol–water partition coefficient (Wildman–Crippen LogP) is 7.80. The Balaban J connectivity index is 2.33. The fourth-order valence-electron chi connectivity index (χ4n) is 3.46. The van der Waals surface area contributed by atoms with Crippen LogP contribution in [0.15, 0.2) is 55.1 Å². The molecule has 0 aliphatic carbocycles. The first-order chi connectivity index (χ1) is 16.3. The molecule has 0 spiro atoms. The van der Waals surface area contributed by atoms with Crippen LogP contribution in [0.2, 0.25) is 0 Å². The number of carbonyl (C=O) groups excluding carboxylic acids is 1. The summed E-state index contributed by atoms with van der Waals surface area (Å²) >= 11 is 0. The number of unbranched alkanes of at least 4 members (excludes halogenated alkanes) is 2. The lowest BCUT2D eigenvalue weighted by atomic mass is 9.84. The third kappa shape index (κ3) is 8.40. The van der Waals surface area contributed by atoms with E-state index >= 15 is 0 Å². The van der Waals surface area contributed by atoms with Gasteiger partial charge in [0.15, 0.2) is 5.78 Å². The van der Waals surface area contributed by atoms with Crippen LogP contribution in [0.3, 0.4) is 0 Å². The Labute approximate surface area is 205 Å². The molecule has 0 N–H and O–H groups in total. The van der Waals surface area contributed by atoms with E-state index in [-0.39, 0.29) is 11.2 Å². The number of carbonyl (C=O) groups is 1. The minimum absolute atomic E-state index is 0.0722. The molecule has 4 heteroatoms. The maximum atomic E-state index is 12.8. The number of benzene rings is 2. The minimum atomic E-state index is -0.142. The highest BCUT2D eigenvalue weighted by atomic mass is 16.5. The summed E-state index contributed by atoms with van der Waals surface area (Å²) < 4.78 is 17.9. The second-order valence-corrected chi connectivity index (χ2v) is 9.37. The van der Waals surface area contributed by atoms with E-state index < -0.39 is 0 Å². The van der Waals surface area contributed by atoms with Crippen LogP contribution in [-0.4, -0.2) is 25.6 Å². The molecule has 34 heavy (non-hydrogen) atoms. The van der Waals surface area contributed by atoms with Crippen LogP contribution in [-0.2, 0) is 5.41 Å². The van der Waals surface area contributed by atoms with E-state index in [4.69, 9.17) is 14.2 Å². The summed E-state index contributed by atoms with van der Waals surface area (Å²) in [6, 6.07) is 11.2. The standard InChI is InChI=1S/C30H40O4/c1-7-10-19-33-27-21-23(22-28(34-20-11-8-2)29(27)30(4,5)6)12-17-26(31)24-13-15-25(16-14-24)32-18-9-3/h9,12-17,21-22H,3,7-8,10-11,18-20H2,1-2,4-6H3. The van der Waals surface area contributed by atoms with Gasteiger partial charge in [0.2, 0.25) is 0 Å². The molecule has 0 heterocycles.